The second-order valence-corrected chi connectivity index (χ2v) is 4.11. The highest BCUT2D eigenvalue weighted by molar-refractivity contribution is 4.93. The Balaban J connectivity index is 2.41. The molecular weight excluding hydrogens is 152 g/mol. The Morgan fingerprint density at radius 3 is 2.75 bits per heavy atom. The van der Waals surface area contributed by atoms with Crippen LogP contribution in [-0.4, -0.2) is 30.8 Å². The topological polar surface area (TPSA) is 47.3 Å². The van der Waals surface area contributed by atoms with Gasteiger partial charge in [0.1, 0.15) is 0 Å². The van der Waals surface area contributed by atoms with E-state index in [4.69, 9.17) is 10.5 Å². The summed E-state index contributed by atoms with van der Waals surface area (Å²) in [5.41, 5.74) is 5.61. The minimum absolute atomic E-state index is 0.115. The molecule has 0 aromatic heterocycles. The summed E-state index contributed by atoms with van der Waals surface area (Å²) in [6.45, 7) is 8.03. The number of nitrogens with two attached hydrogens (primary N) is 1. The summed E-state index contributed by atoms with van der Waals surface area (Å²) in [6, 6.07) is 0. The van der Waals surface area contributed by atoms with Gasteiger partial charge in [0, 0.05) is 12.1 Å². The highest BCUT2D eigenvalue weighted by atomic mass is 16.5. The van der Waals surface area contributed by atoms with Crippen LogP contribution in [0.1, 0.15) is 27.2 Å². The lowest BCUT2D eigenvalue weighted by molar-refractivity contribution is -0.0230. The smallest absolute Gasteiger partial charge is 0.0767 e. The van der Waals surface area contributed by atoms with Crippen LogP contribution in [0.3, 0.4) is 0 Å². The van der Waals surface area contributed by atoms with Crippen molar-refractivity contribution >= 4 is 0 Å². The largest absolute Gasteiger partial charge is 0.372 e. The van der Waals surface area contributed by atoms with Crippen molar-refractivity contribution in [3.05, 3.63) is 0 Å². The molecule has 0 saturated carbocycles. The lowest BCUT2D eigenvalue weighted by atomic mass is 10.00. The Kier molecular flexibility index (Phi) is 3.09. The SMILES string of the molecule is CC(CN)OC1CCNC1(C)C. The molecule has 0 bridgehead atoms. The fraction of sp³-hybridized carbons (Fsp3) is 1.00. The lowest BCUT2D eigenvalue weighted by Gasteiger charge is -2.29. The summed E-state index contributed by atoms with van der Waals surface area (Å²) in [7, 11) is 0. The zero-order chi connectivity index (χ0) is 9.19. The molecule has 1 rings (SSSR count). The first kappa shape index (κ1) is 9.96. The lowest BCUT2D eigenvalue weighted by Crippen LogP contribution is -2.44. The molecule has 3 nitrogen and oxygen atoms in total. The van der Waals surface area contributed by atoms with E-state index in [-0.39, 0.29) is 11.6 Å². The van der Waals surface area contributed by atoms with Crippen molar-refractivity contribution in [1.29, 1.82) is 0 Å². The van der Waals surface area contributed by atoms with Gasteiger partial charge in [-0.05, 0) is 33.7 Å². The third kappa shape index (κ3) is 2.19. The molecule has 1 saturated heterocycles. The third-order valence-electron chi connectivity index (χ3n) is 2.52. The van der Waals surface area contributed by atoms with Crippen LogP contribution in [0.2, 0.25) is 0 Å². The van der Waals surface area contributed by atoms with Crippen LogP contribution in [0, 0.1) is 0 Å². The van der Waals surface area contributed by atoms with Crippen LogP contribution in [0.5, 0.6) is 0 Å². The number of ether oxygens (including phenoxy) is 1. The molecule has 0 aromatic carbocycles. The number of hydrogen-bond donors (Lipinski definition) is 2. The van der Waals surface area contributed by atoms with Crippen molar-refractivity contribution in [2.24, 2.45) is 5.73 Å². The van der Waals surface area contributed by atoms with Gasteiger partial charge in [-0.3, -0.25) is 0 Å². The Morgan fingerprint density at radius 1 is 1.67 bits per heavy atom. The molecule has 0 aromatic rings. The quantitative estimate of drug-likeness (QED) is 0.651. The molecule has 3 heteroatoms. The van der Waals surface area contributed by atoms with Crippen molar-refractivity contribution in [3.63, 3.8) is 0 Å². The van der Waals surface area contributed by atoms with Gasteiger partial charge in [-0.2, -0.15) is 0 Å². The van der Waals surface area contributed by atoms with E-state index in [1.165, 1.54) is 0 Å². The van der Waals surface area contributed by atoms with Crippen LogP contribution < -0.4 is 11.1 Å². The van der Waals surface area contributed by atoms with Crippen molar-refractivity contribution in [2.45, 2.75) is 44.9 Å². The zero-order valence-corrected chi connectivity index (χ0v) is 8.26. The van der Waals surface area contributed by atoms with Crippen LogP contribution in [0.4, 0.5) is 0 Å². The molecule has 0 aliphatic carbocycles. The van der Waals surface area contributed by atoms with Crippen LogP contribution >= 0.6 is 0 Å². The van der Waals surface area contributed by atoms with E-state index in [0.29, 0.717) is 12.6 Å². The first-order valence-electron chi connectivity index (χ1n) is 4.67. The maximum absolute atomic E-state index is 5.79. The van der Waals surface area contributed by atoms with Gasteiger partial charge in [0.15, 0.2) is 0 Å². The van der Waals surface area contributed by atoms with Gasteiger partial charge in [-0.15, -0.1) is 0 Å². The highest BCUT2D eigenvalue weighted by Crippen LogP contribution is 2.22. The number of hydrogen-bond acceptors (Lipinski definition) is 3. The van der Waals surface area contributed by atoms with Crippen LogP contribution in [-0.2, 0) is 4.74 Å². The molecule has 2 unspecified atom stereocenters. The van der Waals surface area contributed by atoms with Gasteiger partial charge >= 0.3 is 0 Å². The van der Waals surface area contributed by atoms with Gasteiger partial charge < -0.3 is 15.8 Å². The first-order chi connectivity index (χ1) is 5.56. The standard InChI is InChI=1S/C9H20N2O/c1-7(6-10)12-8-4-5-11-9(8,2)3/h7-8,11H,4-6,10H2,1-3H3. The summed E-state index contributed by atoms with van der Waals surface area (Å²) >= 11 is 0. The molecule has 1 aliphatic rings. The maximum atomic E-state index is 5.79. The molecule has 12 heavy (non-hydrogen) atoms. The van der Waals surface area contributed by atoms with Gasteiger partial charge in [-0.25, -0.2) is 0 Å². The zero-order valence-electron chi connectivity index (χ0n) is 8.26. The van der Waals surface area contributed by atoms with Crippen LogP contribution in [0.15, 0.2) is 0 Å². The average Bonchev–Trinajstić information content (AvgIpc) is 2.31. The van der Waals surface area contributed by atoms with E-state index in [9.17, 15) is 0 Å². The summed E-state index contributed by atoms with van der Waals surface area (Å²) in [5.74, 6) is 0. The van der Waals surface area contributed by atoms with Crippen molar-refractivity contribution in [1.82, 2.24) is 5.32 Å². The summed E-state index contributed by atoms with van der Waals surface area (Å²) < 4.78 is 5.79. The minimum atomic E-state index is 0.115. The van der Waals surface area contributed by atoms with Gasteiger partial charge in [-0.1, -0.05) is 0 Å². The second kappa shape index (κ2) is 3.73. The third-order valence-corrected chi connectivity index (χ3v) is 2.52. The van der Waals surface area contributed by atoms with E-state index in [2.05, 4.69) is 19.2 Å². The number of rotatable bonds is 3. The van der Waals surface area contributed by atoms with E-state index in [0.717, 1.165) is 13.0 Å². The van der Waals surface area contributed by atoms with E-state index >= 15 is 0 Å². The first-order valence-corrected chi connectivity index (χ1v) is 4.67. The fourth-order valence-electron chi connectivity index (χ4n) is 1.57. The fourth-order valence-corrected chi connectivity index (χ4v) is 1.57. The van der Waals surface area contributed by atoms with Gasteiger partial charge in [0.25, 0.3) is 0 Å². The van der Waals surface area contributed by atoms with Crippen molar-refractivity contribution < 1.29 is 4.74 Å². The van der Waals surface area contributed by atoms with Gasteiger partial charge in [0.2, 0.25) is 0 Å². The molecule has 0 spiro atoms. The minimum Gasteiger partial charge on any atom is -0.372 e. The molecule has 3 N–H and O–H groups in total. The predicted octanol–water partition coefficient (Wildman–Crippen LogP) is 0.491. The van der Waals surface area contributed by atoms with Gasteiger partial charge in [0.05, 0.1) is 12.2 Å². The molecular formula is C9H20N2O. The molecule has 1 heterocycles. The predicted molar refractivity (Wildman–Crippen MR) is 50.1 cm³/mol. The molecule has 0 amide bonds. The Morgan fingerprint density at radius 2 is 2.33 bits per heavy atom. The molecule has 72 valence electrons. The molecule has 0 radical (unpaired) electrons. The van der Waals surface area contributed by atoms with E-state index in [1.54, 1.807) is 0 Å². The number of nitrogens with one attached hydrogen (secondary N) is 1. The Hall–Kier alpha value is -0.120. The van der Waals surface area contributed by atoms with Crippen molar-refractivity contribution in [2.75, 3.05) is 13.1 Å². The Labute approximate surface area is 74.7 Å². The average molecular weight is 172 g/mol. The monoisotopic (exact) mass is 172 g/mol. The summed E-state index contributed by atoms with van der Waals surface area (Å²) in [6.07, 6.45) is 1.59. The maximum Gasteiger partial charge on any atom is 0.0767 e. The van der Waals surface area contributed by atoms with Crippen LogP contribution in [0.25, 0.3) is 0 Å². The second-order valence-electron chi connectivity index (χ2n) is 4.11. The summed E-state index contributed by atoms with van der Waals surface area (Å²) in [5, 5.41) is 3.41. The normalized spacial score (nSPS) is 30.5. The molecule has 1 aliphatic heterocycles. The van der Waals surface area contributed by atoms with Crippen molar-refractivity contribution in [3.8, 4) is 0 Å². The van der Waals surface area contributed by atoms with E-state index in [1.807, 2.05) is 6.92 Å². The molecule has 2 atom stereocenters. The molecule has 1 fully saturated rings. The highest BCUT2D eigenvalue weighted by Gasteiger charge is 2.35. The summed E-state index contributed by atoms with van der Waals surface area (Å²) in [4.78, 5) is 0. The van der Waals surface area contributed by atoms with E-state index < -0.39 is 0 Å². The Bertz CT molecular complexity index is 147.